The van der Waals surface area contributed by atoms with Gasteiger partial charge in [-0.1, -0.05) is 57.0 Å². The van der Waals surface area contributed by atoms with E-state index in [0.717, 1.165) is 18.4 Å². The van der Waals surface area contributed by atoms with Crippen LogP contribution >= 0.6 is 0 Å². The Morgan fingerprint density at radius 3 is 2.39 bits per heavy atom. The summed E-state index contributed by atoms with van der Waals surface area (Å²) in [7, 11) is 0. The Labute approximate surface area is 109 Å². The van der Waals surface area contributed by atoms with Gasteiger partial charge in [0.05, 0.1) is 6.61 Å². The molecule has 2 N–H and O–H groups in total. The zero-order valence-corrected chi connectivity index (χ0v) is 11.3. The second kappa shape index (κ2) is 7.88. The van der Waals surface area contributed by atoms with Gasteiger partial charge >= 0.3 is 5.97 Å². The van der Waals surface area contributed by atoms with Crippen LogP contribution in [0.3, 0.4) is 0 Å². The lowest BCUT2D eigenvalue weighted by Gasteiger charge is -2.15. The molecule has 1 atom stereocenters. The van der Waals surface area contributed by atoms with Crippen LogP contribution in [0.15, 0.2) is 30.3 Å². The summed E-state index contributed by atoms with van der Waals surface area (Å²) >= 11 is 0. The number of benzene rings is 1. The summed E-state index contributed by atoms with van der Waals surface area (Å²) in [6.45, 7) is 4.69. The van der Waals surface area contributed by atoms with Gasteiger partial charge in [0.15, 0.2) is 0 Å². The minimum absolute atomic E-state index is 0.300. The smallest absolute Gasteiger partial charge is 0.323 e. The van der Waals surface area contributed by atoms with E-state index in [4.69, 9.17) is 10.5 Å². The van der Waals surface area contributed by atoms with Crippen LogP contribution in [0.4, 0.5) is 0 Å². The predicted octanol–water partition coefficient (Wildman–Crippen LogP) is 2.54. The fourth-order valence-electron chi connectivity index (χ4n) is 1.78. The molecular formula is C15H23NO2. The molecule has 0 amide bonds. The Hall–Kier alpha value is -1.35. The van der Waals surface area contributed by atoms with Gasteiger partial charge in [-0.3, -0.25) is 4.79 Å². The Kier molecular flexibility index (Phi) is 6.44. The Morgan fingerprint density at radius 2 is 1.83 bits per heavy atom. The van der Waals surface area contributed by atoms with Gasteiger partial charge in [0.25, 0.3) is 0 Å². The van der Waals surface area contributed by atoms with E-state index in [2.05, 4.69) is 13.8 Å². The molecular weight excluding hydrogens is 226 g/mol. The highest BCUT2D eigenvalue weighted by atomic mass is 16.5. The van der Waals surface area contributed by atoms with Crippen molar-refractivity contribution in [3.63, 3.8) is 0 Å². The first-order valence-electron chi connectivity index (χ1n) is 6.63. The summed E-state index contributed by atoms with van der Waals surface area (Å²) < 4.78 is 5.26. The number of hydrogen-bond donors (Lipinski definition) is 1. The number of carbonyl (C=O) groups excluding carboxylic acids is 1. The van der Waals surface area contributed by atoms with Crippen LogP contribution in [0.25, 0.3) is 0 Å². The van der Waals surface area contributed by atoms with E-state index >= 15 is 0 Å². The molecule has 0 heterocycles. The molecule has 0 aliphatic rings. The van der Waals surface area contributed by atoms with Crippen molar-refractivity contribution in [2.75, 3.05) is 6.61 Å². The lowest BCUT2D eigenvalue weighted by atomic mass is 10.0. The molecule has 0 fully saturated rings. The molecule has 1 rings (SSSR count). The van der Waals surface area contributed by atoms with E-state index in [9.17, 15) is 4.79 Å². The highest BCUT2D eigenvalue weighted by Gasteiger charge is 2.16. The molecule has 0 aliphatic heterocycles. The zero-order valence-electron chi connectivity index (χ0n) is 11.3. The first kappa shape index (κ1) is 14.7. The van der Waals surface area contributed by atoms with Crippen molar-refractivity contribution in [2.24, 2.45) is 11.7 Å². The normalized spacial score (nSPS) is 12.4. The van der Waals surface area contributed by atoms with Gasteiger partial charge in [0.1, 0.15) is 6.04 Å². The van der Waals surface area contributed by atoms with Crippen LogP contribution < -0.4 is 5.73 Å². The van der Waals surface area contributed by atoms with Gasteiger partial charge in [-0.15, -0.1) is 0 Å². The molecule has 0 bridgehead atoms. The second-order valence-electron chi connectivity index (χ2n) is 4.61. The molecule has 0 aromatic heterocycles. The Morgan fingerprint density at radius 1 is 1.22 bits per heavy atom. The quantitative estimate of drug-likeness (QED) is 0.755. The molecule has 3 heteroatoms. The van der Waals surface area contributed by atoms with E-state index in [1.165, 1.54) is 0 Å². The minimum Gasteiger partial charge on any atom is -0.464 e. The molecule has 0 aliphatic carbocycles. The third kappa shape index (κ3) is 4.88. The van der Waals surface area contributed by atoms with Crippen molar-refractivity contribution in [1.82, 2.24) is 0 Å². The molecule has 0 saturated heterocycles. The summed E-state index contributed by atoms with van der Waals surface area (Å²) in [5, 5.41) is 0. The molecule has 18 heavy (non-hydrogen) atoms. The maximum atomic E-state index is 11.7. The third-order valence-electron chi connectivity index (χ3n) is 3.22. The van der Waals surface area contributed by atoms with Gasteiger partial charge in [-0.2, -0.15) is 0 Å². The third-order valence-corrected chi connectivity index (χ3v) is 3.22. The van der Waals surface area contributed by atoms with E-state index < -0.39 is 6.04 Å². The monoisotopic (exact) mass is 249 g/mol. The summed E-state index contributed by atoms with van der Waals surface area (Å²) in [5.74, 6) is 0.142. The van der Waals surface area contributed by atoms with Gasteiger partial charge in [0, 0.05) is 0 Å². The molecule has 1 aromatic carbocycles. The average molecular weight is 249 g/mol. The number of nitrogens with two attached hydrogens (primary N) is 1. The van der Waals surface area contributed by atoms with Crippen LogP contribution in [-0.4, -0.2) is 18.6 Å². The number of carbonyl (C=O) groups is 1. The first-order valence-corrected chi connectivity index (χ1v) is 6.63. The number of rotatable bonds is 7. The lowest BCUT2D eigenvalue weighted by Crippen LogP contribution is -2.35. The molecule has 1 aromatic rings. The van der Waals surface area contributed by atoms with Crippen LogP contribution in [0, 0.1) is 5.92 Å². The van der Waals surface area contributed by atoms with Crippen molar-refractivity contribution >= 4 is 5.97 Å². The SMILES string of the molecule is CCC(CC)COC(=O)[C@@H](N)Cc1ccccc1. The maximum absolute atomic E-state index is 11.7. The summed E-state index contributed by atoms with van der Waals surface area (Å²) in [4.78, 5) is 11.7. The highest BCUT2D eigenvalue weighted by molar-refractivity contribution is 5.75. The largest absolute Gasteiger partial charge is 0.464 e. The van der Waals surface area contributed by atoms with E-state index in [0.29, 0.717) is 18.9 Å². The second-order valence-corrected chi connectivity index (χ2v) is 4.61. The molecule has 100 valence electrons. The number of hydrogen-bond acceptors (Lipinski definition) is 3. The minimum atomic E-state index is -0.568. The molecule has 0 spiro atoms. The van der Waals surface area contributed by atoms with Gasteiger partial charge in [-0.25, -0.2) is 0 Å². The van der Waals surface area contributed by atoms with Crippen molar-refractivity contribution in [1.29, 1.82) is 0 Å². The van der Waals surface area contributed by atoms with Crippen LogP contribution in [0.5, 0.6) is 0 Å². The Balaban J connectivity index is 2.37. The number of esters is 1. The van der Waals surface area contributed by atoms with Gasteiger partial charge < -0.3 is 10.5 Å². The van der Waals surface area contributed by atoms with Gasteiger partial charge in [-0.05, 0) is 17.9 Å². The summed E-state index contributed by atoms with van der Waals surface area (Å²) in [5.41, 5.74) is 6.90. The topological polar surface area (TPSA) is 52.3 Å². The van der Waals surface area contributed by atoms with Crippen molar-refractivity contribution in [3.05, 3.63) is 35.9 Å². The number of ether oxygens (including phenoxy) is 1. The van der Waals surface area contributed by atoms with Crippen LogP contribution in [-0.2, 0) is 16.0 Å². The molecule has 3 nitrogen and oxygen atoms in total. The summed E-state index contributed by atoms with van der Waals surface area (Å²) in [6.07, 6.45) is 2.58. The standard InChI is InChI=1S/C15H23NO2/c1-3-12(4-2)11-18-15(17)14(16)10-13-8-6-5-7-9-13/h5-9,12,14H,3-4,10-11,16H2,1-2H3/t14-/m0/s1. The molecule has 0 saturated carbocycles. The fraction of sp³-hybridized carbons (Fsp3) is 0.533. The zero-order chi connectivity index (χ0) is 13.4. The average Bonchev–Trinajstić information content (AvgIpc) is 2.40. The Bertz CT molecular complexity index is 347. The molecule has 0 radical (unpaired) electrons. The molecule has 0 unspecified atom stereocenters. The van der Waals surface area contributed by atoms with Crippen molar-refractivity contribution in [3.8, 4) is 0 Å². The first-order chi connectivity index (χ1) is 8.67. The lowest BCUT2D eigenvalue weighted by molar-refractivity contribution is -0.146. The van der Waals surface area contributed by atoms with Crippen molar-refractivity contribution in [2.45, 2.75) is 39.2 Å². The van der Waals surface area contributed by atoms with E-state index in [1.54, 1.807) is 0 Å². The van der Waals surface area contributed by atoms with E-state index in [-0.39, 0.29) is 5.97 Å². The van der Waals surface area contributed by atoms with Crippen LogP contribution in [0.2, 0.25) is 0 Å². The van der Waals surface area contributed by atoms with Crippen molar-refractivity contribution < 1.29 is 9.53 Å². The highest BCUT2D eigenvalue weighted by Crippen LogP contribution is 2.09. The predicted molar refractivity (Wildman–Crippen MR) is 73.2 cm³/mol. The summed E-state index contributed by atoms with van der Waals surface area (Å²) in [6, 6.07) is 9.19. The van der Waals surface area contributed by atoms with Crippen LogP contribution in [0.1, 0.15) is 32.3 Å². The van der Waals surface area contributed by atoms with E-state index in [1.807, 2.05) is 30.3 Å². The fourth-order valence-corrected chi connectivity index (χ4v) is 1.78. The van der Waals surface area contributed by atoms with Gasteiger partial charge in [0.2, 0.25) is 0 Å². The maximum Gasteiger partial charge on any atom is 0.323 e.